The minimum absolute atomic E-state index is 0.858. The fraction of sp³-hybridized carbons (Fsp3) is 0.0233. The van der Waals surface area contributed by atoms with Crippen LogP contribution in [0.4, 0.5) is 0 Å². The lowest BCUT2D eigenvalue weighted by Crippen LogP contribution is -2.00. The van der Waals surface area contributed by atoms with Crippen molar-refractivity contribution in [2.24, 2.45) is 7.05 Å². The predicted molar refractivity (Wildman–Crippen MR) is 200 cm³/mol. The van der Waals surface area contributed by atoms with E-state index >= 15 is 0 Å². The molecule has 49 heavy (non-hydrogen) atoms. The summed E-state index contributed by atoms with van der Waals surface area (Å²) in [5, 5.41) is 4.34. The second kappa shape index (κ2) is 10.7. The van der Waals surface area contributed by atoms with Crippen molar-refractivity contribution in [2.45, 2.75) is 0 Å². The number of rotatable bonds is 4. The van der Waals surface area contributed by atoms with Gasteiger partial charge in [-0.3, -0.25) is 9.55 Å². The second-order valence-electron chi connectivity index (χ2n) is 12.4. The molecule has 0 saturated carbocycles. The Morgan fingerprint density at radius 1 is 0.429 bits per heavy atom. The van der Waals surface area contributed by atoms with Gasteiger partial charge in [-0.1, -0.05) is 115 Å². The normalized spacial score (nSPS) is 11.8. The molecular weight excluding hydrogens is 601 g/mol. The van der Waals surface area contributed by atoms with Crippen molar-refractivity contribution in [3.8, 4) is 39.7 Å². The molecule has 0 saturated heterocycles. The van der Waals surface area contributed by atoms with Crippen LogP contribution < -0.4 is 0 Å². The van der Waals surface area contributed by atoms with Gasteiger partial charge in [-0.05, 0) is 30.3 Å². The Kier molecular flexibility index (Phi) is 5.99. The maximum Gasteiger partial charge on any atom is 0.145 e. The standard InChI is InChI=1S/C43H28N6/c1-48-40-34-20-12-26-44-37(34)31-17-8-9-18-32(31)38(40)46-42(48)28-22-24-29(25-23-28)43-47-39-33-19-10-11-21-35(33)45-36(27-13-4-2-5-14-27)41(39)49(43)30-15-6-3-7-16-30/h2-26H,1H3. The van der Waals surface area contributed by atoms with E-state index in [1.54, 1.807) is 0 Å². The van der Waals surface area contributed by atoms with Crippen LogP contribution in [0.3, 0.4) is 0 Å². The van der Waals surface area contributed by atoms with Crippen molar-refractivity contribution in [3.05, 3.63) is 152 Å². The van der Waals surface area contributed by atoms with Crippen LogP contribution in [-0.4, -0.2) is 29.1 Å². The van der Waals surface area contributed by atoms with Gasteiger partial charge < -0.3 is 4.57 Å². The molecule has 6 nitrogen and oxygen atoms in total. The summed E-state index contributed by atoms with van der Waals surface area (Å²) in [4.78, 5) is 20.6. The summed E-state index contributed by atoms with van der Waals surface area (Å²) >= 11 is 0. The summed E-state index contributed by atoms with van der Waals surface area (Å²) in [5.41, 5.74) is 10.9. The number of hydrogen-bond donors (Lipinski definition) is 0. The van der Waals surface area contributed by atoms with Gasteiger partial charge >= 0.3 is 0 Å². The zero-order valence-corrected chi connectivity index (χ0v) is 26.6. The molecule has 0 aliphatic rings. The van der Waals surface area contributed by atoms with Crippen LogP contribution in [0.1, 0.15) is 0 Å². The summed E-state index contributed by atoms with van der Waals surface area (Å²) in [6.45, 7) is 0. The Morgan fingerprint density at radius 2 is 1.00 bits per heavy atom. The summed E-state index contributed by atoms with van der Waals surface area (Å²) in [5.74, 6) is 1.76. The van der Waals surface area contributed by atoms with E-state index in [9.17, 15) is 0 Å². The Morgan fingerprint density at radius 3 is 1.76 bits per heavy atom. The molecule has 6 aromatic carbocycles. The lowest BCUT2D eigenvalue weighted by atomic mass is 10.0. The van der Waals surface area contributed by atoms with E-state index in [1.807, 2.05) is 30.5 Å². The lowest BCUT2D eigenvalue weighted by molar-refractivity contribution is 0.962. The fourth-order valence-electron chi connectivity index (χ4n) is 7.32. The molecule has 0 fully saturated rings. The van der Waals surface area contributed by atoms with Crippen LogP contribution in [0.5, 0.6) is 0 Å². The van der Waals surface area contributed by atoms with Gasteiger partial charge in [0.15, 0.2) is 0 Å². The molecule has 0 aliphatic carbocycles. The molecule has 0 atom stereocenters. The van der Waals surface area contributed by atoms with Gasteiger partial charge in [-0.2, -0.15) is 0 Å². The van der Waals surface area contributed by atoms with Crippen LogP contribution in [0.25, 0.3) is 94.4 Å². The van der Waals surface area contributed by atoms with E-state index in [0.29, 0.717) is 0 Å². The Bertz CT molecular complexity index is 2870. The van der Waals surface area contributed by atoms with E-state index in [0.717, 1.165) is 94.4 Å². The average Bonchev–Trinajstić information content (AvgIpc) is 3.75. The summed E-state index contributed by atoms with van der Waals surface area (Å²) < 4.78 is 4.45. The van der Waals surface area contributed by atoms with Crippen molar-refractivity contribution in [2.75, 3.05) is 0 Å². The number of hydrogen-bond acceptors (Lipinski definition) is 4. The number of para-hydroxylation sites is 2. The smallest absolute Gasteiger partial charge is 0.145 e. The monoisotopic (exact) mass is 628 g/mol. The Labute approximate surface area is 281 Å². The highest BCUT2D eigenvalue weighted by molar-refractivity contribution is 6.22. The van der Waals surface area contributed by atoms with Gasteiger partial charge in [0.25, 0.3) is 0 Å². The first-order valence-corrected chi connectivity index (χ1v) is 16.4. The first kappa shape index (κ1) is 27.5. The van der Waals surface area contributed by atoms with Gasteiger partial charge in [0.1, 0.15) is 22.7 Å². The molecular formula is C43H28N6. The number of aromatic nitrogens is 6. The third-order valence-electron chi connectivity index (χ3n) is 9.55. The molecule has 0 N–H and O–H groups in total. The molecule has 6 heteroatoms. The maximum atomic E-state index is 5.39. The molecule has 0 unspecified atom stereocenters. The number of pyridine rings is 2. The third kappa shape index (κ3) is 4.14. The highest BCUT2D eigenvalue weighted by Crippen LogP contribution is 2.39. The molecule has 230 valence electrons. The summed E-state index contributed by atoms with van der Waals surface area (Å²) in [6.07, 6.45) is 1.86. The van der Waals surface area contributed by atoms with Crippen LogP contribution in [0.2, 0.25) is 0 Å². The van der Waals surface area contributed by atoms with Crippen molar-refractivity contribution in [1.29, 1.82) is 0 Å². The third-order valence-corrected chi connectivity index (χ3v) is 9.55. The average molecular weight is 629 g/mol. The summed E-state index contributed by atoms with van der Waals surface area (Å²) in [6, 6.07) is 50.3. The first-order valence-electron chi connectivity index (χ1n) is 16.4. The van der Waals surface area contributed by atoms with Gasteiger partial charge in [0.05, 0.1) is 27.8 Å². The van der Waals surface area contributed by atoms with E-state index in [1.165, 1.54) is 0 Å². The molecule has 10 rings (SSSR count). The zero-order valence-electron chi connectivity index (χ0n) is 26.6. The van der Waals surface area contributed by atoms with Gasteiger partial charge in [0.2, 0.25) is 0 Å². The van der Waals surface area contributed by atoms with Crippen LogP contribution >= 0.6 is 0 Å². The van der Waals surface area contributed by atoms with Crippen molar-refractivity contribution in [1.82, 2.24) is 29.1 Å². The highest BCUT2D eigenvalue weighted by atomic mass is 15.1. The molecule has 10 aromatic rings. The number of nitrogens with zero attached hydrogens (tertiary/aromatic N) is 6. The molecule has 4 aromatic heterocycles. The van der Waals surface area contributed by atoms with E-state index < -0.39 is 0 Å². The SMILES string of the molecule is Cn1c(-c2ccc(-c3nc4c5ccccc5nc(-c5ccccc5)c4n3-c3ccccc3)cc2)nc2c3ccccc3c3ncccc3c21. The predicted octanol–water partition coefficient (Wildman–Crippen LogP) is 10.2. The van der Waals surface area contributed by atoms with Gasteiger partial charge in [-0.15, -0.1) is 0 Å². The van der Waals surface area contributed by atoms with Crippen molar-refractivity contribution >= 4 is 54.6 Å². The largest absolute Gasteiger partial charge is 0.327 e. The fourth-order valence-corrected chi connectivity index (χ4v) is 7.32. The first-order chi connectivity index (χ1) is 24.2. The Balaban J connectivity index is 1.20. The lowest BCUT2D eigenvalue weighted by Gasteiger charge is -2.13. The number of fused-ring (bicyclic) bond motifs is 9. The molecule has 0 spiro atoms. The van der Waals surface area contributed by atoms with Gasteiger partial charge in [0, 0.05) is 57.2 Å². The molecule has 0 aliphatic heterocycles. The maximum absolute atomic E-state index is 5.39. The van der Waals surface area contributed by atoms with E-state index in [-0.39, 0.29) is 0 Å². The molecule has 4 heterocycles. The molecule has 0 bridgehead atoms. The van der Waals surface area contributed by atoms with Crippen molar-refractivity contribution < 1.29 is 0 Å². The van der Waals surface area contributed by atoms with E-state index in [2.05, 4.69) is 138 Å². The molecule has 0 radical (unpaired) electrons. The Hall–Kier alpha value is -6.66. The van der Waals surface area contributed by atoms with Gasteiger partial charge in [-0.25, -0.2) is 15.0 Å². The topological polar surface area (TPSA) is 61.4 Å². The number of imidazole rings is 2. The zero-order chi connectivity index (χ0) is 32.5. The molecule has 0 amide bonds. The minimum Gasteiger partial charge on any atom is -0.327 e. The van der Waals surface area contributed by atoms with Crippen LogP contribution in [0, 0.1) is 0 Å². The quantitative estimate of drug-likeness (QED) is 0.182. The second-order valence-corrected chi connectivity index (χ2v) is 12.4. The highest BCUT2D eigenvalue weighted by Gasteiger charge is 2.22. The summed E-state index contributed by atoms with van der Waals surface area (Å²) in [7, 11) is 2.10. The number of benzene rings is 6. The van der Waals surface area contributed by atoms with Crippen LogP contribution in [-0.2, 0) is 7.05 Å². The van der Waals surface area contributed by atoms with E-state index in [4.69, 9.17) is 19.9 Å². The minimum atomic E-state index is 0.858. The van der Waals surface area contributed by atoms with Crippen LogP contribution in [0.15, 0.2) is 152 Å². The van der Waals surface area contributed by atoms with Crippen molar-refractivity contribution in [3.63, 3.8) is 0 Å². The number of aryl methyl sites for hydroxylation is 1.